The lowest BCUT2D eigenvalue weighted by molar-refractivity contribution is 0.102. The summed E-state index contributed by atoms with van der Waals surface area (Å²) in [5.41, 5.74) is 16.5. The number of hydrogen-bond donors (Lipinski definition) is 4. The molecule has 0 radical (unpaired) electrons. The van der Waals surface area contributed by atoms with Crippen LogP contribution in [0.25, 0.3) is 22.0 Å². The van der Waals surface area contributed by atoms with Crippen molar-refractivity contribution in [2.45, 2.75) is 6.92 Å². The lowest BCUT2D eigenvalue weighted by atomic mass is 10.0. The zero-order valence-electron chi connectivity index (χ0n) is 13.9. The van der Waals surface area contributed by atoms with Gasteiger partial charge in [-0.2, -0.15) is 5.10 Å². The number of aryl methyl sites for hydroxylation is 1. The first-order valence-corrected chi connectivity index (χ1v) is 8.76. The number of nitrogen functional groups attached to an aromatic ring is 2. The number of thiazole rings is 1. The number of nitrogens with zero attached hydrogens (tertiary/aromatic N) is 2. The highest BCUT2D eigenvalue weighted by Crippen LogP contribution is 2.35. The molecule has 0 saturated heterocycles. The summed E-state index contributed by atoms with van der Waals surface area (Å²) in [5, 5.41) is 13.3. The van der Waals surface area contributed by atoms with Crippen molar-refractivity contribution in [3.63, 3.8) is 0 Å². The predicted octanol–water partition coefficient (Wildman–Crippen LogP) is 3.41. The Morgan fingerprint density at radius 2 is 2.12 bits per heavy atom. The molecule has 2 aromatic heterocycles. The third-order valence-corrected chi connectivity index (χ3v) is 4.88. The van der Waals surface area contributed by atoms with E-state index in [2.05, 4.69) is 20.5 Å². The van der Waals surface area contributed by atoms with Crippen molar-refractivity contribution in [3.8, 4) is 11.1 Å². The fourth-order valence-electron chi connectivity index (χ4n) is 2.80. The molecule has 0 unspecified atom stereocenters. The number of aromatic nitrogens is 3. The molecule has 0 bridgehead atoms. The molecule has 0 aliphatic carbocycles. The van der Waals surface area contributed by atoms with E-state index in [1.54, 1.807) is 17.6 Å². The van der Waals surface area contributed by atoms with Crippen molar-refractivity contribution in [1.29, 1.82) is 0 Å². The lowest BCUT2D eigenvalue weighted by Gasteiger charge is -2.11. The monoisotopic (exact) mass is 364 g/mol. The van der Waals surface area contributed by atoms with Crippen molar-refractivity contribution < 1.29 is 4.79 Å². The van der Waals surface area contributed by atoms with Crippen LogP contribution in [0.5, 0.6) is 0 Å². The van der Waals surface area contributed by atoms with Gasteiger partial charge in [-0.3, -0.25) is 9.89 Å². The highest BCUT2D eigenvalue weighted by Gasteiger charge is 2.15. The third-order valence-electron chi connectivity index (χ3n) is 4.11. The molecular formula is C18H16N6OS. The van der Waals surface area contributed by atoms with Crippen LogP contribution in [-0.4, -0.2) is 21.1 Å². The largest absolute Gasteiger partial charge is 0.397 e. The predicted molar refractivity (Wildman–Crippen MR) is 105 cm³/mol. The van der Waals surface area contributed by atoms with E-state index in [0.29, 0.717) is 22.8 Å². The number of carbonyl (C=O) groups is 1. The Kier molecular flexibility index (Phi) is 3.81. The molecule has 8 heteroatoms. The van der Waals surface area contributed by atoms with Crippen LogP contribution in [0.4, 0.5) is 17.1 Å². The van der Waals surface area contributed by atoms with Gasteiger partial charge in [0.15, 0.2) is 0 Å². The first-order valence-electron chi connectivity index (χ1n) is 7.88. The zero-order valence-corrected chi connectivity index (χ0v) is 14.7. The van der Waals surface area contributed by atoms with Crippen molar-refractivity contribution >= 4 is 45.2 Å². The maximum atomic E-state index is 12.5. The molecule has 4 rings (SSSR count). The Morgan fingerprint density at radius 1 is 1.27 bits per heavy atom. The Hall–Kier alpha value is -3.39. The molecule has 2 heterocycles. The Labute approximate surface area is 153 Å². The zero-order chi connectivity index (χ0) is 18.3. The summed E-state index contributed by atoms with van der Waals surface area (Å²) in [6.07, 6.45) is 1.67. The average Bonchev–Trinajstić information content (AvgIpc) is 3.26. The van der Waals surface area contributed by atoms with E-state index in [1.807, 2.05) is 31.2 Å². The summed E-state index contributed by atoms with van der Waals surface area (Å²) < 4.78 is 0. The normalized spacial score (nSPS) is 11.0. The SMILES string of the molecule is Cc1nc(C(=O)Nc2cc(-c3cccc(N)c3N)cc3[nH]ncc23)cs1. The lowest BCUT2D eigenvalue weighted by Crippen LogP contribution is -2.12. The minimum Gasteiger partial charge on any atom is -0.397 e. The van der Waals surface area contributed by atoms with Crippen molar-refractivity contribution in [3.05, 3.63) is 52.6 Å². The summed E-state index contributed by atoms with van der Waals surface area (Å²) in [5.74, 6) is -0.269. The van der Waals surface area contributed by atoms with Gasteiger partial charge in [-0.25, -0.2) is 4.98 Å². The van der Waals surface area contributed by atoms with Gasteiger partial charge in [-0.1, -0.05) is 12.1 Å². The van der Waals surface area contributed by atoms with Gasteiger partial charge in [-0.15, -0.1) is 11.3 Å². The topological polar surface area (TPSA) is 123 Å². The van der Waals surface area contributed by atoms with Gasteiger partial charge in [0.2, 0.25) is 0 Å². The molecule has 0 spiro atoms. The fourth-order valence-corrected chi connectivity index (χ4v) is 3.39. The van der Waals surface area contributed by atoms with E-state index in [0.717, 1.165) is 27.0 Å². The molecule has 0 aliphatic rings. The maximum absolute atomic E-state index is 12.5. The van der Waals surface area contributed by atoms with E-state index in [-0.39, 0.29) is 5.91 Å². The third kappa shape index (κ3) is 2.76. The highest BCUT2D eigenvalue weighted by atomic mass is 32.1. The van der Waals surface area contributed by atoms with Gasteiger partial charge in [0.1, 0.15) is 5.69 Å². The van der Waals surface area contributed by atoms with Gasteiger partial charge in [0.05, 0.1) is 33.8 Å². The molecule has 130 valence electrons. The number of fused-ring (bicyclic) bond motifs is 1. The molecule has 7 nitrogen and oxygen atoms in total. The number of hydrogen-bond acceptors (Lipinski definition) is 6. The van der Waals surface area contributed by atoms with Crippen molar-refractivity contribution in [1.82, 2.24) is 15.2 Å². The van der Waals surface area contributed by atoms with Gasteiger partial charge in [0, 0.05) is 16.3 Å². The Bertz CT molecular complexity index is 1130. The minimum absolute atomic E-state index is 0.269. The molecule has 0 aliphatic heterocycles. The summed E-state index contributed by atoms with van der Waals surface area (Å²) in [6.45, 7) is 1.86. The molecule has 0 saturated carbocycles. The van der Waals surface area contributed by atoms with E-state index >= 15 is 0 Å². The molecule has 1 amide bonds. The molecule has 0 fully saturated rings. The standard InChI is InChI=1S/C18H16N6OS/c1-9-22-16(8-26-9)18(25)23-14-5-10(6-15-12(14)7-21-24-15)11-3-2-4-13(19)17(11)20/h2-8H,19-20H2,1H3,(H,21,24)(H,23,25). The summed E-state index contributed by atoms with van der Waals surface area (Å²) >= 11 is 1.43. The van der Waals surface area contributed by atoms with Gasteiger partial charge < -0.3 is 16.8 Å². The van der Waals surface area contributed by atoms with E-state index in [9.17, 15) is 4.79 Å². The van der Waals surface area contributed by atoms with Crippen molar-refractivity contribution in [2.75, 3.05) is 16.8 Å². The highest BCUT2D eigenvalue weighted by molar-refractivity contribution is 7.09. The maximum Gasteiger partial charge on any atom is 0.275 e. The van der Waals surface area contributed by atoms with Crippen LogP contribution >= 0.6 is 11.3 Å². The number of nitrogens with two attached hydrogens (primary N) is 2. The van der Waals surface area contributed by atoms with Gasteiger partial charge in [0.25, 0.3) is 5.91 Å². The first kappa shape index (κ1) is 16.1. The van der Waals surface area contributed by atoms with Crippen LogP contribution in [-0.2, 0) is 0 Å². The van der Waals surface area contributed by atoms with Crippen LogP contribution in [0, 0.1) is 6.92 Å². The number of amides is 1. The molecule has 4 aromatic rings. The number of rotatable bonds is 3. The number of carbonyl (C=O) groups excluding carboxylic acids is 1. The van der Waals surface area contributed by atoms with Crippen molar-refractivity contribution in [2.24, 2.45) is 0 Å². The van der Waals surface area contributed by atoms with E-state index in [1.165, 1.54) is 11.3 Å². The van der Waals surface area contributed by atoms with Crippen LogP contribution in [0.15, 0.2) is 41.9 Å². The molecule has 6 N–H and O–H groups in total. The number of H-pyrrole nitrogens is 1. The smallest absolute Gasteiger partial charge is 0.275 e. The number of anilines is 3. The van der Waals surface area contributed by atoms with Crippen LogP contribution < -0.4 is 16.8 Å². The fraction of sp³-hybridized carbons (Fsp3) is 0.0556. The summed E-state index contributed by atoms with van der Waals surface area (Å²) in [6, 6.07) is 9.27. The molecule has 0 atom stereocenters. The molecule has 2 aromatic carbocycles. The van der Waals surface area contributed by atoms with E-state index in [4.69, 9.17) is 11.5 Å². The average molecular weight is 364 g/mol. The quantitative estimate of drug-likeness (QED) is 0.415. The summed E-state index contributed by atoms with van der Waals surface area (Å²) in [4.78, 5) is 16.7. The van der Waals surface area contributed by atoms with Gasteiger partial charge in [-0.05, 0) is 30.7 Å². The number of nitrogens with one attached hydrogen (secondary N) is 2. The first-order chi connectivity index (χ1) is 12.5. The van der Waals surface area contributed by atoms with Crippen LogP contribution in [0.1, 0.15) is 15.5 Å². The van der Waals surface area contributed by atoms with Crippen LogP contribution in [0.3, 0.4) is 0 Å². The summed E-state index contributed by atoms with van der Waals surface area (Å²) in [7, 11) is 0. The minimum atomic E-state index is -0.269. The molecular weight excluding hydrogens is 348 g/mol. The molecule has 26 heavy (non-hydrogen) atoms. The Morgan fingerprint density at radius 3 is 2.88 bits per heavy atom. The number of aromatic amines is 1. The van der Waals surface area contributed by atoms with Gasteiger partial charge >= 0.3 is 0 Å². The second-order valence-corrected chi connectivity index (χ2v) is 6.93. The van der Waals surface area contributed by atoms with E-state index < -0.39 is 0 Å². The Balaban J connectivity index is 1.80. The second kappa shape index (κ2) is 6.16. The number of para-hydroxylation sites is 1. The van der Waals surface area contributed by atoms with Crippen LogP contribution in [0.2, 0.25) is 0 Å². The second-order valence-electron chi connectivity index (χ2n) is 5.87. The number of benzene rings is 2.